The molecular weight excluding hydrogens is 521 g/mol. The number of hydrogen-bond donors (Lipinski definition) is 2. The van der Waals surface area contributed by atoms with Crippen molar-refractivity contribution in [3.63, 3.8) is 0 Å². The molecule has 0 bridgehead atoms. The van der Waals surface area contributed by atoms with Crippen molar-refractivity contribution in [2.24, 2.45) is 11.0 Å². The molecule has 0 unspecified atom stereocenters. The molecule has 6 nitrogen and oxygen atoms in total. The number of amides is 2. The maximum absolute atomic E-state index is 13.1. The van der Waals surface area contributed by atoms with Gasteiger partial charge >= 0.3 is 0 Å². The molecule has 2 N–H and O–H groups in total. The van der Waals surface area contributed by atoms with Gasteiger partial charge in [0.25, 0.3) is 11.8 Å². The van der Waals surface area contributed by atoms with Gasteiger partial charge in [-0.15, -0.1) is 0 Å². The van der Waals surface area contributed by atoms with E-state index in [1.54, 1.807) is 25.3 Å². The first-order valence-corrected chi connectivity index (χ1v) is 13.1. The van der Waals surface area contributed by atoms with Crippen molar-refractivity contribution >= 4 is 62.8 Å². The molecule has 0 saturated heterocycles. The molecule has 8 heteroatoms. The van der Waals surface area contributed by atoms with E-state index in [9.17, 15) is 9.59 Å². The van der Waals surface area contributed by atoms with Crippen molar-refractivity contribution < 1.29 is 14.3 Å². The second-order valence-corrected chi connectivity index (χ2v) is 10.3. The highest BCUT2D eigenvalue weighted by Crippen LogP contribution is 2.29. The second kappa shape index (κ2) is 12.3. The molecule has 0 aliphatic carbocycles. The fourth-order valence-corrected chi connectivity index (χ4v) is 4.69. The fourth-order valence-electron chi connectivity index (χ4n) is 4.23. The number of hydrazone groups is 1. The molecular formula is C30H29Cl2N3O3. The van der Waals surface area contributed by atoms with Crippen molar-refractivity contribution in [1.29, 1.82) is 0 Å². The summed E-state index contributed by atoms with van der Waals surface area (Å²) >= 11 is 12.1. The Morgan fingerprint density at radius 1 is 0.895 bits per heavy atom. The van der Waals surface area contributed by atoms with Crippen molar-refractivity contribution in [3.05, 3.63) is 88.4 Å². The van der Waals surface area contributed by atoms with Crippen LogP contribution in [0.5, 0.6) is 5.75 Å². The quantitative estimate of drug-likeness (QED) is 0.138. The molecule has 38 heavy (non-hydrogen) atoms. The number of benzene rings is 4. The molecule has 4 rings (SSSR count). The minimum Gasteiger partial charge on any atom is -0.479 e. The zero-order chi connectivity index (χ0) is 27.2. The normalized spacial score (nSPS) is 13.1. The zero-order valence-electron chi connectivity index (χ0n) is 21.4. The highest BCUT2D eigenvalue weighted by Gasteiger charge is 2.25. The number of nitrogens with zero attached hydrogens (tertiary/aromatic N) is 1. The van der Waals surface area contributed by atoms with Crippen molar-refractivity contribution in [2.45, 2.75) is 39.3 Å². The van der Waals surface area contributed by atoms with E-state index in [0.29, 0.717) is 22.2 Å². The highest BCUT2D eigenvalue weighted by atomic mass is 35.5. The SMILES string of the molecule is CC(C)C[C@@H](NC(=O)[C@@H](C)Oc1ccc(Cl)cc1Cl)C(=O)N/N=C\c1c2ccccc2cc2ccccc12. The van der Waals surface area contributed by atoms with Gasteiger partial charge in [-0.2, -0.15) is 5.10 Å². The van der Waals surface area contributed by atoms with Gasteiger partial charge in [0.2, 0.25) is 0 Å². The largest absolute Gasteiger partial charge is 0.479 e. The van der Waals surface area contributed by atoms with Crippen LogP contribution in [0.2, 0.25) is 10.0 Å². The van der Waals surface area contributed by atoms with Crippen LogP contribution in [-0.4, -0.2) is 30.2 Å². The smallest absolute Gasteiger partial charge is 0.262 e. The fraction of sp³-hybridized carbons (Fsp3) is 0.233. The third-order valence-corrected chi connectivity index (χ3v) is 6.62. The van der Waals surface area contributed by atoms with Gasteiger partial charge in [-0.25, -0.2) is 5.43 Å². The lowest BCUT2D eigenvalue weighted by Gasteiger charge is -2.22. The number of ether oxygens (including phenoxy) is 1. The number of fused-ring (bicyclic) bond motifs is 2. The second-order valence-electron chi connectivity index (χ2n) is 9.49. The topological polar surface area (TPSA) is 79.8 Å². The van der Waals surface area contributed by atoms with Crippen LogP contribution in [0.3, 0.4) is 0 Å². The monoisotopic (exact) mass is 549 g/mol. The Hall–Kier alpha value is -3.61. The minimum absolute atomic E-state index is 0.152. The van der Waals surface area contributed by atoms with Crippen LogP contribution in [0.1, 0.15) is 32.8 Å². The Labute approximate surface area is 232 Å². The first-order chi connectivity index (χ1) is 18.2. The molecule has 0 heterocycles. The van der Waals surface area contributed by atoms with Gasteiger partial charge in [0, 0.05) is 10.6 Å². The summed E-state index contributed by atoms with van der Waals surface area (Å²) in [4.78, 5) is 26.0. The Balaban J connectivity index is 1.49. The van der Waals surface area contributed by atoms with Gasteiger partial charge in [0.1, 0.15) is 11.8 Å². The van der Waals surface area contributed by atoms with Gasteiger partial charge in [-0.3, -0.25) is 9.59 Å². The number of hydrogen-bond acceptors (Lipinski definition) is 4. The molecule has 0 saturated carbocycles. The molecule has 0 spiro atoms. The number of carbonyl (C=O) groups is 2. The molecule has 0 aliphatic heterocycles. The lowest BCUT2D eigenvalue weighted by atomic mass is 9.97. The maximum Gasteiger partial charge on any atom is 0.262 e. The molecule has 0 aromatic heterocycles. The lowest BCUT2D eigenvalue weighted by molar-refractivity contribution is -0.132. The van der Waals surface area contributed by atoms with Crippen LogP contribution in [0.25, 0.3) is 21.5 Å². The first-order valence-electron chi connectivity index (χ1n) is 12.4. The van der Waals surface area contributed by atoms with E-state index in [1.165, 1.54) is 6.07 Å². The first kappa shape index (κ1) is 27.4. The average Bonchev–Trinajstić information content (AvgIpc) is 2.89. The maximum atomic E-state index is 13.1. The predicted molar refractivity (Wildman–Crippen MR) is 155 cm³/mol. The third-order valence-electron chi connectivity index (χ3n) is 6.09. The van der Waals surface area contributed by atoms with E-state index in [0.717, 1.165) is 27.1 Å². The van der Waals surface area contributed by atoms with Crippen molar-refractivity contribution in [2.75, 3.05) is 0 Å². The molecule has 0 fully saturated rings. The molecule has 0 radical (unpaired) electrons. The Kier molecular flexibility index (Phi) is 8.87. The number of carbonyl (C=O) groups excluding carboxylic acids is 2. The third kappa shape index (κ3) is 6.63. The van der Waals surface area contributed by atoms with Crippen LogP contribution in [0.15, 0.2) is 77.9 Å². The van der Waals surface area contributed by atoms with Crippen molar-refractivity contribution in [3.8, 4) is 5.75 Å². The Morgan fingerprint density at radius 2 is 1.53 bits per heavy atom. The summed E-state index contributed by atoms with van der Waals surface area (Å²) in [6.45, 7) is 5.55. The van der Waals surface area contributed by atoms with Crippen LogP contribution >= 0.6 is 23.2 Å². The molecule has 4 aromatic rings. The summed E-state index contributed by atoms with van der Waals surface area (Å²) in [6.07, 6.45) is 1.20. The van der Waals surface area contributed by atoms with Crippen LogP contribution in [-0.2, 0) is 9.59 Å². The molecule has 4 aromatic carbocycles. The minimum atomic E-state index is -0.887. The lowest BCUT2D eigenvalue weighted by Crippen LogP contribution is -2.49. The number of halogens is 2. The molecule has 196 valence electrons. The summed E-state index contributed by atoms with van der Waals surface area (Å²) in [6, 6.07) is 22.2. The van der Waals surface area contributed by atoms with Gasteiger partial charge in [-0.05, 0) is 65.1 Å². The van der Waals surface area contributed by atoms with E-state index < -0.39 is 24.0 Å². The number of rotatable bonds is 9. The molecule has 2 amide bonds. The molecule has 0 aliphatic rings. The summed E-state index contributed by atoms with van der Waals surface area (Å²) in [5.74, 6) is -0.375. The van der Waals surface area contributed by atoms with Gasteiger partial charge in [0.15, 0.2) is 6.10 Å². The zero-order valence-corrected chi connectivity index (χ0v) is 22.9. The van der Waals surface area contributed by atoms with Crippen LogP contribution in [0.4, 0.5) is 0 Å². The summed E-state index contributed by atoms with van der Waals surface area (Å²) in [7, 11) is 0. The Bertz CT molecular complexity index is 1450. The molecule has 2 atom stereocenters. The van der Waals surface area contributed by atoms with Gasteiger partial charge in [-0.1, -0.05) is 85.6 Å². The van der Waals surface area contributed by atoms with E-state index in [2.05, 4.69) is 21.9 Å². The van der Waals surface area contributed by atoms with Crippen LogP contribution < -0.4 is 15.5 Å². The highest BCUT2D eigenvalue weighted by molar-refractivity contribution is 6.35. The van der Waals surface area contributed by atoms with Gasteiger partial charge in [0.05, 0.1) is 11.2 Å². The van der Waals surface area contributed by atoms with Crippen LogP contribution in [0, 0.1) is 5.92 Å². The Morgan fingerprint density at radius 3 is 2.13 bits per heavy atom. The van der Waals surface area contributed by atoms with E-state index in [4.69, 9.17) is 27.9 Å². The summed E-state index contributed by atoms with van der Waals surface area (Å²) in [5.41, 5.74) is 3.52. The standard InChI is InChI=1S/C30H29Cl2N3O3/c1-18(2)14-27(34-29(36)19(3)38-28-13-12-22(31)16-26(28)32)30(37)35-33-17-25-23-10-6-4-8-20(23)15-21-9-5-7-11-24(21)25/h4-13,15-19,27H,14H2,1-3H3,(H,34,36)(H,35,37)/b33-17-/t19-,27-/m1/s1. The average molecular weight is 550 g/mol. The van der Waals surface area contributed by atoms with Gasteiger partial charge < -0.3 is 10.1 Å². The summed E-state index contributed by atoms with van der Waals surface area (Å²) in [5, 5.41) is 12.0. The van der Waals surface area contributed by atoms with Crippen molar-refractivity contribution in [1.82, 2.24) is 10.7 Å². The van der Waals surface area contributed by atoms with E-state index in [-0.39, 0.29) is 5.92 Å². The van der Waals surface area contributed by atoms with E-state index in [1.807, 2.05) is 62.4 Å². The summed E-state index contributed by atoms with van der Waals surface area (Å²) < 4.78 is 5.70. The number of nitrogens with one attached hydrogen (secondary N) is 2. The van der Waals surface area contributed by atoms with E-state index >= 15 is 0 Å². The predicted octanol–water partition coefficient (Wildman–Crippen LogP) is 6.75.